The van der Waals surface area contributed by atoms with E-state index in [0.29, 0.717) is 5.56 Å². The molecule has 0 aromatic heterocycles. The Morgan fingerprint density at radius 1 is 1.43 bits per heavy atom. The van der Waals surface area contributed by atoms with Crippen LogP contribution in [0.4, 0.5) is 0 Å². The molecule has 1 aromatic rings. The molecule has 120 valence electrons. The summed E-state index contributed by atoms with van der Waals surface area (Å²) in [5.74, 6) is -2.06. The molecule has 3 rings (SSSR count). The number of esters is 1. The Balaban J connectivity index is 2.27. The van der Waals surface area contributed by atoms with Crippen LogP contribution in [0.25, 0.3) is 0 Å². The molecule has 0 saturated carbocycles. The van der Waals surface area contributed by atoms with Gasteiger partial charge >= 0.3 is 5.97 Å². The van der Waals surface area contributed by atoms with Crippen molar-refractivity contribution >= 4 is 11.8 Å². The molecule has 0 fully saturated rings. The number of hydrogen-bond acceptors (Lipinski definition) is 7. The molecule has 1 heterocycles. The molecule has 0 radical (unpaired) electrons. The minimum Gasteiger partial charge on any atom is -0.507 e. The third kappa shape index (κ3) is 1.97. The van der Waals surface area contributed by atoms with E-state index in [2.05, 4.69) is 0 Å². The summed E-state index contributed by atoms with van der Waals surface area (Å²) in [7, 11) is 1.12. The molecular formula is C16H14O7. The number of allylic oxidation sites excluding steroid dienone is 2. The van der Waals surface area contributed by atoms with Crippen molar-refractivity contribution in [2.24, 2.45) is 0 Å². The van der Waals surface area contributed by atoms with E-state index in [4.69, 9.17) is 9.47 Å². The minimum atomic E-state index is -2.03. The van der Waals surface area contributed by atoms with Crippen molar-refractivity contribution in [3.8, 4) is 11.5 Å². The zero-order chi connectivity index (χ0) is 16.8. The van der Waals surface area contributed by atoms with E-state index >= 15 is 0 Å². The van der Waals surface area contributed by atoms with Gasteiger partial charge in [-0.1, -0.05) is 18.2 Å². The molecule has 1 aromatic carbocycles. The number of Topliss-reactive ketones (excluding diaryl/α,β-unsaturated/α-hetero) is 1. The van der Waals surface area contributed by atoms with Gasteiger partial charge in [0.25, 0.3) is 5.60 Å². The lowest BCUT2D eigenvalue weighted by molar-refractivity contribution is -0.162. The average molecular weight is 318 g/mol. The Morgan fingerprint density at radius 3 is 2.83 bits per heavy atom. The Morgan fingerprint density at radius 2 is 2.17 bits per heavy atom. The van der Waals surface area contributed by atoms with Crippen molar-refractivity contribution < 1.29 is 34.4 Å². The molecule has 0 saturated heterocycles. The summed E-state index contributed by atoms with van der Waals surface area (Å²) in [6, 6.07) is 2.57. The van der Waals surface area contributed by atoms with Gasteiger partial charge in [0.15, 0.2) is 0 Å². The van der Waals surface area contributed by atoms with Crippen molar-refractivity contribution in [1.29, 1.82) is 0 Å². The Hall–Kier alpha value is -2.64. The van der Waals surface area contributed by atoms with Crippen LogP contribution in [-0.4, -0.2) is 45.9 Å². The van der Waals surface area contributed by atoms with Gasteiger partial charge in [0, 0.05) is 0 Å². The highest BCUT2D eigenvalue weighted by Gasteiger charge is 2.58. The van der Waals surface area contributed by atoms with Crippen molar-refractivity contribution in [1.82, 2.24) is 0 Å². The number of carbonyl (C=O) groups excluding carboxylic acids is 2. The van der Waals surface area contributed by atoms with E-state index < -0.39 is 30.1 Å². The number of aliphatic hydroxyl groups excluding tert-OH is 2. The molecule has 7 nitrogen and oxygen atoms in total. The van der Waals surface area contributed by atoms with Crippen molar-refractivity contribution in [3.05, 3.63) is 47.1 Å². The Labute approximate surface area is 131 Å². The van der Waals surface area contributed by atoms with E-state index in [1.807, 2.05) is 0 Å². The molecule has 3 N–H and O–H groups in total. The monoisotopic (exact) mass is 318 g/mol. The number of carbonyl (C=O) groups is 2. The number of benzene rings is 1. The number of rotatable bonds is 2. The number of hydrogen-bond donors (Lipinski definition) is 3. The zero-order valence-corrected chi connectivity index (χ0v) is 12.1. The first-order chi connectivity index (χ1) is 11.0. The van der Waals surface area contributed by atoms with Gasteiger partial charge in [-0.3, -0.25) is 4.79 Å². The Bertz CT molecular complexity index is 762. The molecule has 7 heteroatoms. The molecule has 0 spiro atoms. The van der Waals surface area contributed by atoms with Gasteiger partial charge in [0.2, 0.25) is 5.78 Å². The number of ether oxygens (including phenoxy) is 2. The maximum absolute atomic E-state index is 12.7. The number of phenols is 1. The van der Waals surface area contributed by atoms with Gasteiger partial charge in [-0.25, -0.2) is 4.79 Å². The van der Waals surface area contributed by atoms with Crippen LogP contribution in [0.15, 0.2) is 35.9 Å². The normalized spacial score (nSPS) is 25.1. The summed E-state index contributed by atoms with van der Waals surface area (Å²) in [5, 5.41) is 29.5. The first kappa shape index (κ1) is 15.3. The fourth-order valence-corrected chi connectivity index (χ4v) is 2.82. The third-order valence-electron chi connectivity index (χ3n) is 3.93. The zero-order valence-electron chi connectivity index (χ0n) is 12.1. The highest BCUT2D eigenvalue weighted by atomic mass is 16.6. The van der Waals surface area contributed by atoms with Crippen LogP contribution in [0.1, 0.15) is 15.9 Å². The summed E-state index contributed by atoms with van der Waals surface area (Å²) in [6.07, 6.45) is 2.63. The number of phenolic OH excluding ortho intramolecular Hbond substituents is 1. The second kappa shape index (κ2) is 5.22. The van der Waals surface area contributed by atoms with Gasteiger partial charge in [0.1, 0.15) is 23.2 Å². The highest BCUT2D eigenvalue weighted by molar-refractivity contribution is 6.18. The number of methoxy groups -OCH3 is 1. The molecule has 2 atom stereocenters. The minimum absolute atomic E-state index is 0.101. The molecular weight excluding hydrogens is 304 g/mol. The standard InChI is InChI=1S/C16H14O7/c1-22-15(21)16-9(3-2-4-12(16)19)14(20)13-10(18)5-8(7-17)6-11(13)23-16/h2-6,12,17-19H,7H2,1H3. The van der Waals surface area contributed by atoms with Gasteiger partial charge in [0.05, 0.1) is 19.3 Å². The van der Waals surface area contributed by atoms with Gasteiger partial charge < -0.3 is 24.8 Å². The number of ketones is 1. The van der Waals surface area contributed by atoms with Crippen LogP contribution in [0.2, 0.25) is 0 Å². The molecule has 0 bridgehead atoms. The highest BCUT2D eigenvalue weighted by Crippen LogP contribution is 2.45. The van der Waals surface area contributed by atoms with Crippen LogP contribution >= 0.6 is 0 Å². The maximum atomic E-state index is 12.7. The van der Waals surface area contributed by atoms with Crippen molar-refractivity contribution in [3.63, 3.8) is 0 Å². The summed E-state index contributed by atoms with van der Waals surface area (Å²) in [5.41, 5.74) is -2.00. The smallest absolute Gasteiger partial charge is 0.358 e. The second-order valence-electron chi connectivity index (χ2n) is 5.21. The SMILES string of the molecule is COC(=O)C12Oc3cc(CO)cc(O)c3C(=O)C1=CC=CC2O. The summed E-state index contributed by atoms with van der Waals surface area (Å²) >= 11 is 0. The Kier molecular flexibility index (Phi) is 3.46. The third-order valence-corrected chi connectivity index (χ3v) is 3.93. The number of aromatic hydroxyl groups is 1. The summed E-state index contributed by atoms with van der Waals surface area (Å²) < 4.78 is 10.4. The van der Waals surface area contributed by atoms with E-state index in [9.17, 15) is 24.9 Å². The lowest BCUT2D eigenvalue weighted by atomic mass is 9.77. The fraction of sp³-hybridized carbons (Fsp3) is 0.250. The number of aliphatic hydroxyl groups is 2. The van der Waals surface area contributed by atoms with Crippen LogP contribution in [0.5, 0.6) is 11.5 Å². The largest absolute Gasteiger partial charge is 0.507 e. The maximum Gasteiger partial charge on any atom is 0.358 e. The van der Waals surface area contributed by atoms with E-state index in [1.54, 1.807) is 0 Å². The van der Waals surface area contributed by atoms with Crippen LogP contribution in [-0.2, 0) is 16.1 Å². The lowest BCUT2D eigenvalue weighted by Crippen LogP contribution is -2.60. The van der Waals surface area contributed by atoms with Crippen molar-refractivity contribution in [2.75, 3.05) is 7.11 Å². The second-order valence-corrected chi connectivity index (χ2v) is 5.21. The van der Waals surface area contributed by atoms with Gasteiger partial charge in [-0.15, -0.1) is 0 Å². The molecule has 1 aliphatic heterocycles. The number of fused-ring (bicyclic) bond motifs is 2. The van der Waals surface area contributed by atoms with Gasteiger partial charge in [-0.2, -0.15) is 0 Å². The van der Waals surface area contributed by atoms with Crippen LogP contribution < -0.4 is 4.74 Å². The van der Waals surface area contributed by atoms with Crippen molar-refractivity contribution in [2.45, 2.75) is 18.3 Å². The summed E-state index contributed by atoms with van der Waals surface area (Å²) in [6.45, 7) is -0.394. The van der Waals surface area contributed by atoms with Crippen LogP contribution in [0.3, 0.4) is 0 Å². The van der Waals surface area contributed by atoms with Gasteiger partial charge in [-0.05, 0) is 17.7 Å². The summed E-state index contributed by atoms with van der Waals surface area (Å²) in [4.78, 5) is 25.0. The predicted molar refractivity (Wildman–Crippen MR) is 77.0 cm³/mol. The van der Waals surface area contributed by atoms with E-state index in [-0.39, 0.29) is 22.6 Å². The molecule has 0 amide bonds. The molecule has 2 unspecified atom stereocenters. The molecule has 23 heavy (non-hydrogen) atoms. The van der Waals surface area contributed by atoms with Crippen LogP contribution in [0, 0.1) is 0 Å². The molecule has 1 aliphatic carbocycles. The average Bonchev–Trinajstić information content (AvgIpc) is 2.54. The fourth-order valence-electron chi connectivity index (χ4n) is 2.82. The first-order valence-corrected chi connectivity index (χ1v) is 6.81. The van der Waals surface area contributed by atoms with E-state index in [0.717, 1.165) is 7.11 Å². The lowest BCUT2D eigenvalue weighted by Gasteiger charge is -2.40. The topological polar surface area (TPSA) is 113 Å². The quantitative estimate of drug-likeness (QED) is 0.669. The van der Waals surface area contributed by atoms with E-state index in [1.165, 1.54) is 30.4 Å². The predicted octanol–water partition coefficient (Wildman–Crippen LogP) is 0.228. The first-order valence-electron chi connectivity index (χ1n) is 6.81. The molecule has 2 aliphatic rings.